The molecule has 3 atom stereocenters. The largest absolute Gasteiger partial charge is 0.756 e. The number of unbranched alkanes of at least 4 members (excludes halogenated alkanes) is 18. The molecule has 0 rings (SSSR count). The Bertz CT molecular complexity index is 1240. The van der Waals surface area contributed by atoms with Gasteiger partial charge in [0, 0.05) is 12.8 Å². The van der Waals surface area contributed by atoms with Crippen LogP contribution in [0.5, 0.6) is 0 Å². The van der Waals surface area contributed by atoms with E-state index in [2.05, 4.69) is 50.3 Å². The molecule has 0 heterocycles. The SMILES string of the molecule is CCCCC/C=C\C/C=C\C/C=C\C=C\[C@H](O)CCCC(=O)O[C@H](COC(=O)CCCCCCCCCCC/C=C\CCCCCCCC)COP(=O)([O-])OCC[N+](C)(C)C. The number of hydrogen-bond donors (Lipinski definition) is 1. The number of phosphoric ester groups is 1. The molecule has 10 nitrogen and oxygen atoms in total. The zero-order chi connectivity index (χ0) is 45.1. The van der Waals surface area contributed by atoms with E-state index in [0.29, 0.717) is 30.3 Å². The van der Waals surface area contributed by atoms with Gasteiger partial charge in [-0.05, 0) is 70.6 Å². The van der Waals surface area contributed by atoms with Crippen LogP contribution in [0.25, 0.3) is 0 Å². The summed E-state index contributed by atoms with van der Waals surface area (Å²) in [5, 5.41) is 10.3. The zero-order valence-corrected chi connectivity index (χ0v) is 40.4. The molecule has 0 aromatic rings. The van der Waals surface area contributed by atoms with Crippen LogP contribution in [0.15, 0.2) is 60.8 Å². The minimum atomic E-state index is -4.68. The highest BCUT2D eigenvalue weighted by molar-refractivity contribution is 7.45. The average Bonchev–Trinajstić information content (AvgIpc) is 3.21. The van der Waals surface area contributed by atoms with Gasteiger partial charge in [-0.1, -0.05) is 164 Å². The van der Waals surface area contributed by atoms with Gasteiger partial charge in [-0.15, -0.1) is 0 Å². The lowest BCUT2D eigenvalue weighted by atomic mass is 10.1. The number of phosphoric acid groups is 1. The number of nitrogens with zero attached hydrogens (tertiary/aromatic N) is 1. The van der Waals surface area contributed by atoms with Gasteiger partial charge in [0.1, 0.15) is 19.8 Å². The molecule has 0 fully saturated rings. The van der Waals surface area contributed by atoms with Gasteiger partial charge in [0.15, 0.2) is 6.10 Å². The molecule has 61 heavy (non-hydrogen) atoms. The fourth-order valence-electron chi connectivity index (χ4n) is 6.28. The summed E-state index contributed by atoms with van der Waals surface area (Å²) in [6.45, 7) is 3.97. The second kappa shape index (κ2) is 41.7. The van der Waals surface area contributed by atoms with Crippen molar-refractivity contribution in [2.24, 2.45) is 0 Å². The summed E-state index contributed by atoms with van der Waals surface area (Å²) in [6, 6.07) is 0. The summed E-state index contributed by atoms with van der Waals surface area (Å²) in [4.78, 5) is 37.7. The fraction of sp³-hybridized carbons (Fsp3) is 0.760. The minimum Gasteiger partial charge on any atom is -0.756 e. The van der Waals surface area contributed by atoms with Crippen LogP contribution in [-0.4, -0.2) is 81.2 Å². The number of aliphatic hydroxyl groups excluding tert-OH is 1. The maximum absolute atomic E-state index is 12.7. The molecule has 0 bridgehead atoms. The van der Waals surface area contributed by atoms with E-state index < -0.39 is 38.6 Å². The number of carbonyl (C=O) groups excluding carboxylic acids is 2. The van der Waals surface area contributed by atoms with Gasteiger partial charge in [-0.3, -0.25) is 14.2 Å². The van der Waals surface area contributed by atoms with Crippen molar-refractivity contribution in [3.05, 3.63) is 60.8 Å². The van der Waals surface area contributed by atoms with Crippen molar-refractivity contribution in [3.63, 3.8) is 0 Å². The number of likely N-dealkylation sites (N-methyl/N-ethyl adjacent to an activating group) is 1. The molecule has 0 saturated heterocycles. The molecular weight excluding hydrogens is 790 g/mol. The Morgan fingerprint density at radius 2 is 1.10 bits per heavy atom. The van der Waals surface area contributed by atoms with Crippen molar-refractivity contribution in [3.8, 4) is 0 Å². The van der Waals surface area contributed by atoms with E-state index in [1.807, 2.05) is 33.3 Å². The number of rotatable bonds is 43. The molecule has 0 aliphatic carbocycles. The van der Waals surface area contributed by atoms with Crippen LogP contribution >= 0.6 is 7.82 Å². The Hall–Kier alpha value is -2.33. The Kier molecular flexibility index (Phi) is 40.1. The quantitative estimate of drug-likeness (QED) is 0.0159. The minimum absolute atomic E-state index is 0.00519. The standard InChI is InChI=1S/C50H90NO9P/c1-6-8-10-12-14-16-18-20-21-22-23-24-25-27-29-31-33-35-37-41-49(53)57-45-48(46-59-61(55,56)58-44-43-51(3,4)5)60-50(54)42-38-40-47(52)39-36-34-32-30-28-26-19-17-15-13-11-9-7-2/h15,17,20-21,26,28,32,34,36,39,47-48,52H,6-14,16,18-19,22-25,27,29-31,33,35,37-38,40-46H2,1-5H3/b17-15-,21-20-,28-26-,34-32-,39-36+/t47-,48+/m0/s1. The summed E-state index contributed by atoms with van der Waals surface area (Å²) in [5.41, 5.74) is 0. The lowest BCUT2D eigenvalue weighted by molar-refractivity contribution is -0.870. The first-order valence-electron chi connectivity index (χ1n) is 24.1. The summed E-state index contributed by atoms with van der Waals surface area (Å²) in [7, 11) is 1.04. The van der Waals surface area contributed by atoms with Gasteiger partial charge in [0.25, 0.3) is 7.82 Å². The van der Waals surface area contributed by atoms with Crippen LogP contribution in [0, 0.1) is 0 Å². The van der Waals surface area contributed by atoms with Gasteiger partial charge in [-0.25, -0.2) is 0 Å². The topological polar surface area (TPSA) is 131 Å². The van der Waals surface area contributed by atoms with E-state index in [1.54, 1.807) is 12.2 Å². The Morgan fingerprint density at radius 3 is 1.70 bits per heavy atom. The molecule has 0 aliphatic rings. The van der Waals surface area contributed by atoms with Gasteiger partial charge in [0.2, 0.25) is 0 Å². The van der Waals surface area contributed by atoms with Gasteiger partial charge < -0.3 is 33.0 Å². The van der Waals surface area contributed by atoms with Crippen molar-refractivity contribution in [2.75, 3.05) is 47.5 Å². The van der Waals surface area contributed by atoms with Crippen molar-refractivity contribution in [1.82, 2.24) is 0 Å². The highest BCUT2D eigenvalue weighted by Crippen LogP contribution is 2.38. The first-order chi connectivity index (χ1) is 29.4. The predicted molar refractivity (Wildman–Crippen MR) is 251 cm³/mol. The molecule has 0 amide bonds. The molecule has 11 heteroatoms. The molecule has 1 N–H and O–H groups in total. The number of hydrogen-bond acceptors (Lipinski definition) is 9. The lowest BCUT2D eigenvalue weighted by Gasteiger charge is -2.28. The number of esters is 2. The number of carbonyl (C=O) groups is 2. The third kappa shape index (κ3) is 45.5. The van der Waals surface area contributed by atoms with E-state index >= 15 is 0 Å². The maximum atomic E-state index is 12.7. The third-order valence-corrected chi connectivity index (χ3v) is 11.1. The van der Waals surface area contributed by atoms with E-state index in [4.69, 9.17) is 18.5 Å². The van der Waals surface area contributed by atoms with Crippen LogP contribution in [0.1, 0.15) is 187 Å². The lowest BCUT2D eigenvalue weighted by Crippen LogP contribution is -2.37. The Labute approximate surface area is 373 Å². The fourth-order valence-corrected chi connectivity index (χ4v) is 7.01. The Morgan fingerprint density at radius 1 is 0.607 bits per heavy atom. The van der Waals surface area contributed by atoms with Gasteiger partial charge in [-0.2, -0.15) is 0 Å². The van der Waals surface area contributed by atoms with Gasteiger partial charge in [0.05, 0.1) is 33.9 Å². The monoisotopic (exact) mass is 880 g/mol. The van der Waals surface area contributed by atoms with E-state index in [-0.39, 0.29) is 26.1 Å². The van der Waals surface area contributed by atoms with Crippen LogP contribution in [-0.2, 0) is 32.7 Å². The predicted octanol–water partition coefficient (Wildman–Crippen LogP) is 12.4. The third-order valence-electron chi connectivity index (χ3n) is 10.1. The van der Waals surface area contributed by atoms with Crippen molar-refractivity contribution < 1.29 is 47.2 Å². The van der Waals surface area contributed by atoms with E-state index in [1.165, 1.54) is 103 Å². The van der Waals surface area contributed by atoms with Crippen LogP contribution < -0.4 is 4.89 Å². The molecule has 354 valence electrons. The number of allylic oxidation sites excluding steroid dienone is 9. The zero-order valence-electron chi connectivity index (χ0n) is 39.5. The number of quaternary nitrogens is 1. The first-order valence-corrected chi connectivity index (χ1v) is 25.6. The van der Waals surface area contributed by atoms with Crippen LogP contribution in [0.3, 0.4) is 0 Å². The van der Waals surface area contributed by atoms with Crippen LogP contribution in [0.2, 0.25) is 0 Å². The summed E-state index contributed by atoms with van der Waals surface area (Å²) in [6.07, 6.45) is 47.1. The second-order valence-corrected chi connectivity index (χ2v) is 18.7. The molecule has 0 aromatic carbocycles. The van der Waals surface area contributed by atoms with Gasteiger partial charge >= 0.3 is 11.9 Å². The van der Waals surface area contributed by atoms with Crippen LogP contribution in [0.4, 0.5) is 0 Å². The molecular formula is C50H90NO9P. The van der Waals surface area contributed by atoms with E-state index in [9.17, 15) is 24.2 Å². The molecule has 0 aliphatic heterocycles. The normalized spacial score (nSPS) is 14.5. The summed E-state index contributed by atoms with van der Waals surface area (Å²) in [5.74, 6) is -1.04. The average molecular weight is 880 g/mol. The molecule has 1 unspecified atom stereocenters. The highest BCUT2D eigenvalue weighted by Gasteiger charge is 2.22. The molecule has 0 saturated carbocycles. The molecule has 0 aromatic heterocycles. The summed E-state index contributed by atoms with van der Waals surface area (Å²) >= 11 is 0. The second-order valence-electron chi connectivity index (χ2n) is 17.3. The smallest absolute Gasteiger partial charge is 0.306 e. The summed E-state index contributed by atoms with van der Waals surface area (Å²) < 4.78 is 33.8. The van der Waals surface area contributed by atoms with E-state index in [0.717, 1.165) is 38.5 Å². The molecule has 0 radical (unpaired) electrons. The Balaban J connectivity index is 4.48. The molecule has 0 spiro atoms. The number of ether oxygens (including phenoxy) is 2. The maximum Gasteiger partial charge on any atom is 0.306 e. The van der Waals surface area contributed by atoms with Crippen molar-refractivity contribution in [2.45, 2.75) is 199 Å². The van der Waals surface area contributed by atoms with Crippen molar-refractivity contribution >= 4 is 19.8 Å². The number of aliphatic hydroxyl groups is 1. The van der Waals surface area contributed by atoms with Crippen molar-refractivity contribution in [1.29, 1.82) is 0 Å². The highest BCUT2D eigenvalue weighted by atomic mass is 31.2. The first kappa shape index (κ1) is 58.7.